The second-order valence-corrected chi connectivity index (χ2v) is 7.05. The molecule has 29 heavy (non-hydrogen) atoms. The van der Waals surface area contributed by atoms with Crippen LogP contribution in [0.15, 0.2) is 12.1 Å². The molecule has 0 aliphatic carbocycles. The predicted molar refractivity (Wildman–Crippen MR) is 97.1 cm³/mol. The summed E-state index contributed by atoms with van der Waals surface area (Å²) >= 11 is 6.01. The van der Waals surface area contributed by atoms with Crippen LogP contribution in [0.4, 0.5) is 13.2 Å². The van der Waals surface area contributed by atoms with E-state index in [4.69, 9.17) is 16.7 Å². The van der Waals surface area contributed by atoms with Crippen LogP contribution in [0, 0.1) is 17.5 Å². The Morgan fingerprint density at radius 2 is 1.93 bits per heavy atom. The number of benzene rings is 1. The molecule has 0 radical (unpaired) electrons. The van der Waals surface area contributed by atoms with Crippen molar-refractivity contribution in [2.45, 2.75) is 32.0 Å². The zero-order valence-corrected chi connectivity index (χ0v) is 16.1. The van der Waals surface area contributed by atoms with Crippen molar-refractivity contribution >= 4 is 23.5 Å². The van der Waals surface area contributed by atoms with Gasteiger partial charge in [0.15, 0.2) is 17.3 Å². The molecule has 11 heteroatoms. The second-order valence-electron chi connectivity index (χ2n) is 6.69. The predicted octanol–water partition coefficient (Wildman–Crippen LogP) is 2.21. The minimum absolute atomic E-state index is 0.0112. The van der Waals surface area contributed by atoms with E-state index < -0.39 is 29.5 Å². The highest BCUT2D eigenvalue weighted by Gasteiger charge is 2.28. The molecule has 2 aromatic rings. The van der Waals surface area contributed by atoms with E-state index in [-0.39, 0.29) is 41.7 Å². The highest BCUT2D eigenvalue weighted by molar-refractivity contribution is 6.32. The van der Waals surface area contributed by atoms with E-state index in [1.165, 1.54) is 4.90 Å². The summed E-state index contributed by atoms with van der Waals surface area (Å²) in [6.07, 6.45) is -0.0299. The molecule has 0 unspecified atom stereocenters. The molecule has 0 saturated carbocycles. The zero-order chi connectivity index (χ0) is 21.3. The van der Waals surface area contributed by atoms with Gasteiger partial charge in [-0.1, -0.05) is 11.6 Å². The number of amides is 1. The summed E-state index contributed by atoms with van der Waals surface area (Å²) in [4.78, 5) is 29.3. The van der Waals surface area contributed by atoms with Gasteiger partial charge in [-0.25, -0.2) is 22.9 Å². The molecule has 7 nitrogen and oxygen atoms in total. The number of carboxylic acids is 1. The average molecular weight is 431 g/mol. The Kier molecular flexibility index (Phi) is 6.13. The van der Waals surface area contributed by atoms with Gasteiger partial charge in [0.2, 0.25) is 5.91 Å². The third-order valence-corrected chi connectivity index (χ3v) is 5.23. The van der Waals surface area contributed by atoms with Crippen LogP contribution in [0.25, 0.3) is 0 Å². The average Bonchev–Trinajstić information content (AvgIpc) is 3.01. The molecule has 0 saturated heterocycles. The quantitative estimate of drug-likeness (QED) is 0.686. The number of imidazole rings is 1. The van der Waals surface area contributed by atoms with Gasteiger partial charge in [-0.3, -0.25) is 4.79 Å². The number of halogens is 4. The Labute approximate surface area is 169 Å². The number of aromatic carboxylic acids is 1. The lowest BCUT2D eigenvalue weighted by atomic mass is 10.0. The highest BCUT2D eigenvalue weighted by Crippen LogP contribution is 2.23. The molecule has 156 valence electrons. The summed E-state index contributed by atoms with van der Waals surface area (Å²) in [5.74, 6) is -4.47. The zero-order valence-electron chi connectivity index (χ0n) is 15.4. The molecule has 2 N–H and O–H groups in total. The van der Waals surface area contributed by atoms with Crippen LogP contribution in [0.3, 0.4) is 0 Å². The highest BCUT2D eigenvalue weighted by atomic mass is 35.5. The normalized spacial score (nSPS) is 14.6. The van der Waals surface area contributed by atoms with Gasteiger partial charge in [-0.2, -0.15) is 0 Å². The molecule has 1 atom stereocenters. The molecule has 1 amide bonds. The van der Waals surface area contributed by atoms with Crippen molar-refractivity contribution in [1.82, 2.24) is 19.8 Å². The number of nitrogens with one attached hydrogen (secondary N) is 1. The van der Waals surface area contributed by atoms with E-state index in [0.29, 0.717) is 25.0 Å². The summed E-state index contributed by atoms with van der Waals surface area (Å²) in [7, 11) is 1.58. The van der Waals surface area contributed by atoms with E-state index in [1.54, 1.807) is 11.6 Å². The smallest absolute Gasteiger partial charge is 0.357 e. The Morgan fingerprint density at radius 3 is 2.59 bits per heavy atom. The molecule has 0 spiro atoms. The van der Waals surface area contributed by atoms with E-state index in [0.717, 1.165) is 6.07 Å². The third-order valence-electron chi connectivity index (χ3n) is 4.85. The first kappa shape index (κ1) is 21.1. The topological polar surface area (TPSA) is 87.5 Å². The summed E-state index contributed by atoms with van der Waals surface area (Å²) in [6.45, 7) is 0.682. The van der Waals surface area contributed by atoms with Crippen LogP contribution in [0.5, 0.6) is 0 Å². The van der Waals surface area contributed by atoms with Gasteiger partial charge < -0.3 is 19.9 Å². The number of nitrogens with zero attached hydrogens (tertiary/aromatic N) is 3. The lowest BCUT2D eigenvalue weighted by molar-refractivity contribution is -0.133. The number of carbonyl (C=O) groups excluding carboxylic acids is 1. The van der Waals surface area contributed by atoms with Crippen LogP contribution in [-0.2, 0) is 24.3 Å². The molecule has 3 rings (SSSR count). The van der Waals surface area contributed by atoms with Crippen molar-refractivity contribution in [3.8, 4) is 0 Å². The molecule has 1 aromatic heterocycles. The molecule has 0 fully saturated rings. The van der Waals surface area contributed by atoms with Crippen LogP contribution in [-0.4, -0.2) is 51.1 Å². The summed E-state index contributed by atoms with van der Waals surface area (Å²) in [5.41, 5.74) is -0.305. The fourth-order valence-corrected chi connectivity index (χ4v) is 3.55. The minimum Gasteiger partial charge on any atom is -0.476 e. The number of carboxylic acid groups (broad SMARTS) is 1. The first-order valence-electron chi connectivity index (χ1n) is 8.78. The Morgan fingerprint density at radius 1 is 1.24 bits per heavy atom. The largest absolute Gasteiger partial charge is 0.476 e. The Bertz CT molecular complexity index is 966. The van der Waals surface area contributed by atoms with Gasteiger partial charge in [0.05, 0.1) is 6.54 Å². The Balaban J connectivity index is 1.68. The number of rotatable bonds is 6. The molecular formula is C18H18ClF3N4O3. The second kappa shape index (κ2) is 8.42. The fourth-order valence-electron chi connectivity index (χ4n) is 3.25. The molecule has 1 aliphatic rings. The minimum atomic E-state index is -1.27. The summed E-state index contributed by atoms with van der Waals surface area (Å²) < 4.78 is 41.9. The maximum atomic E-state index is 13.9. The molecule has 2 heterocycles. The summed E-state index contributed by atoms with van der Waals surface area (Å²) in [5, 5.41) is 12.0. The van der Waals surface area contributed by atoms with Gasteiger partial charge in [-0.15, -0.1) is 0 Å². The van der Waals surface area contributed by atoms with Crippen molar-refractivity contribution in [2.75, 3.05) is 13.6 Å². The van der Waals surface area contributed by atoms with E-state index >= 15 is 0 Å². The molecular weight excluding hydrogens is 413 g/mol. The number of fused-ring (bicyclic) bond motifs is 1. The lowest BCUT2D eigenvalue weighted by Crippen LogP contribution is -2.42. The van der Waals surface area contributed by atoms with Crippen molar-refractivity contribution in [1.29, 1.82) is 0 Å². The van der Waals surface area contributed by atoms with Crippen molar-refractivity contribution < 1.29 is 27.9 Å². The number of hydrogen-bond acceptors (Lipinski definition) is 4. The maximum Gasteiger partial charge on any atom is 0.357 e. The van der Waals surface area contributed by atoms with Crippen molar-refractivity contribution in [3.05, 3.63) is 51.8 Å². The van der Waals surface area contributed by atoms with E-state index in [1.807, 2.05) is 0 Å². The number of aromatic nitrogens is 2. The van der Waals surface area contributed by atoms with Gasteiger partial charge in [-0.05, 0) is 25.1 Å². The van der Waals surface area contributed by atoms with Crippen LogP contribution >= 0.6 is 11.6 Å². The Hall–Kier alpha value is -2.59. The SMILES string of the molecule is CN[C@@H](CC(=O)N1CCn2c(nc(C(=O)O)c2Cl)C1)Cc1cc(F)c(F)cc1F. The lowest BCUT2D eigenvalue weighted by Gasteiger charge is -2.29. The number of likely N-dealkylation sites (N-methyl/N-ethyl adjacent to an activating group) is 1. The standard InChI is InChI=1S/C18H18ClF3N4O3/c1-23-10(4-9-5-12(21)13(22)7-11(9)20)6-15(27)25-2-3-26-14(8-25)24-16(17(26)19)18(28)29/h5,7,10,23H,2-4,6,8H2,1H3,(H,28,29)/t10-/m1/s1. The molecule has 1 aromatic carbocycles. The number of carbonyl (C=O) groups is 2. The van der Waals surface area contributed by atoms with Crippen molar-refractivity contribution in [3.63, 3.8) is 0 Å². The van der Waals surface area contributed by atoms with E-state index in [9.17, 15) is 22.8 Å². The van der Waals surface area contributed by atoms with Crippen LogP contribution in [0.1, 0.15) is 28.3 Å². The monoisotopic (exact) mass is 430 g/mol. The number of hydrogen-bond donors (Lipinski definition) is 2. The van der Waals surface area contributed by atoms with Gasteiger partial charge >= 0.3 is 5.97 Å². The van der Waals surface area contributed by atoms with Gasteiger partial charge in [0.1, 0.15) is 16.8 Å². The summed E-state index contributed by atoms with van der Waals surface area (Å²) in [6, 6.07) is 0.752. The van der Waals surface area contributed by atoms with Crippen LogP contribution in [0.2, 0.25) is 5.15 Å². The maximum absolute atomic E-state index is 13.9. The van der Waals surface area contributed by atoms with Gasteiger partial charge in [0, 0.05) is 31.6 Å². The third kappa shape index (κ3) is 4.38. The fraction of sp³-hybridized carbons (Fsp3) is 0.389. The first-order valence-corrected chi connectivity index (χ1v) is 9.15. The molecule has 0 bridgehead atoms. The molecule has 1 aliphatic heterocycles. The van der Waals surface area contributed by atoms with Crippen molar-refractivity contribution in [2.24, 2.45) is 0 Å². The van der Waals surface area contributed by atoms with E-state index in [2.05, 4.69) is 10.3 Å². The first-order chi connectivity index (χ1) is 13.7. The van der Waals surface area contributed by atoms with Crippen LogP contribution < -0.4 is 5.32 Å². The van der Waals surface area contributed by atoms with Gasteiger partial charge in [0.25, 0.3) is 0 Å².